The van der Waals surface area contributed by atoms with Crippen molar-refractivity contribution in [2.75, 3.05) is 19.0 Å². The van der Waals surface area contributed by atoms with Crippen LogP contribution in [-0.4, -0.2) is 57.5 Å². The lowest BCUT2D eigenvalue weighted by Crippen LogP contribution is -2.51. The Balaban J connectivity index is 1.46. The fourth-order valence-corrected chi connectivity index (χ4v) is 3.70. The summed E-state index contributed by atoms with van der Waals surface area (Å²) >= 11 is 0. The van der Waals surface area contributed by atoms with E-state index in [1.54, 1.807) is 0 Å². The van der Waals surface area contributed by atoms with Gasteiger partial charge in [0.25, 0.3) is 5.91 Å². The van der Waals surface area contributed by atoms with Gasteiger partial charge in [0, 0.05) is 13.0 Å². The van der Waals surface area contributed by atoms with Crippen molar-refractivity contribution in [3.63, 3.8) is 0 Å². The average Bonchev–Trinajstić information content (AvgIpc) is 3.39. The van der Waals surface area contributed by atoms with Gasteiger partial charge in [0.15, 0.2) is 0 Å². The number of fused-ring (bicyclic) bond motifs is 3. The number of hydrogen-bond acceptors (Lipinski definition) is 7. The van der Waals surface area contributed by atoms with Crippen LogP contribution >= 0.6 is 0 Å². The predicted octanol–water partition coefficient (Wildman–Crippen LogP) is 3.37. The maximum atomic E-state index is 12.7. The van der Waals surface area contributed by atoms with Gasteiger partial charge in [-0.2, -0.15) is 0 Å². The molecule has 1 heterocycles. The highest BCUT2D eigenvalue weighted by atomic mass is 16.6. The van der Waals surface area contributed by atoms with Crippen LogP contribution in [0, 0.1) is 0 Å². The average molecular weight is 450 g/mol. The van der Waals surface area contributed by atoms with Crippen molar-refractivity contribution in [2.45, 2.75) is 25.3 Å². The number of amides is 2. The molecule has 4 rings (SSSR count). The van der Waals surface area contributed by atoms with Gasteiger partial charge in [-0.05, 0) is 46.4 Å². The van der Waals surface area contributed by atoms with Gasteiger partial charge in [-0.1, -0.05) is 48.5 Å². The van der Waals surface area contributed by atoms with Crippen molar-refractivity contribution < 1.29 is 28.9 Å². The van der Waals surface area contributed by atoms with E-state index in [9.17, 15) is 19.5 Å². The Hall–Kier alpha value is -4.21. The van der Waals surface area contributed by atoms with E-state index >= 15 is 0 Å². The van der Waals surface area contributed by atoms with Crippen molar-refractivity contribution in [1.29, 1.82) is 0 Å². The summed E-state index contributed by atoms with van der Waals surface area (Å²) in [5.41, 5.74) is 2.46. The maximum absolute atomic E-state index is 12.7. The molecule has 170 valence electrons. The monoisotopic (exact) mass is 450 g/mol. The minimum atomic E-state index is -1.52. The van der Waals surface area contributed by atoms with Crippen LogP contribution in [0.3, 0.4) is 0 Å². The molecule has 0 radical (unpaired) electrons. The normalized spacial score (nSPS) is 12.6. The van der Waals surface area contributed by atoms with E-state index in [0.717, 1.165) is 27.2 Å². The third kappa shape index (κ3) is 3.91. The number of nitrogens with one attached hydrogen (secondary N) is 1. The van der Waals surface area contributed by atoms with Gasteiger partial charge < -0.3 is 14.7 Å². The molecule has 1 aliphatic rings. The SMILES string of the molecule is CN(C(=O)c1nonc1NC(=O)OCC1c2ccccc2-c2ccccc21)C(C)(C)C(=O)O. The van der Waals surface area contributed by atoms with Crippen LogP contribution in [0.4, 0.5) is 10.6 Å². The summed E-state index contributed by atoms with van der Waals surface area (Å²) < 4.78 is 10.0. The van der Waals surface area contributed by atoms with E-state index in [1.165, 1.54) is 20.9 Å². The third-order valence-electron chi connectivity index (χ3n) is 5.92. The van der Waals surface area contributed by atoms with Gasteiger partial charge in [-0.25, -0.2) is 14.2 Å². The standard InChI is InChI=1S/C23H22N4O6/c1-23(2,21(29)30)27(3)20(28)18-19(26-33-25-18)24-22(31)32-12-17-15-10-6-4-8-13(15)14-9-5-7-11-16(14)17/h4-11,17H,12H2,1-3H3,(H,29,30)(H,24,26,31). The number of benzene rings is 2. The highest BCUT2D eigenvalue weighted by Crippen LogP contribution is 2.44. The van der Waals surface area contributed by atoms with Gasteiger partial charge in [0.2, 0.25) is 11.5 Å². The number of nitrogens with zero attached hydrogens (tertiary/aromatic N) is 3. The number of carbonyl (C=O) groups is 3. The Morgan fingerprint density at radius 2 is 1.64 bits per heavy atom. The minimum absolute atomic E-state index is 0.0698. The Kier molecular flexibility index (Phi) is 5.59. The molecule has 0 aliphatic heterocycles. The largest absolute Gasteiger partial charge is 0.480 e. The molecular formula is C23H22N4O6. The number of carboxylic acid groups (broad SMARTS) is 1. The topological polar surface area (TPSA) is 135 Å². The molecule has 2 amide bonds. The number of aliphatic carboxylic acids is 1. The van der Waals surface area contributed by atoms with Crippen LogP contribution in [0.2, 0.25) is 0 Å². The predicted molar refractivity (Wildman–Crippen MR) is 117 cm³/mol. The Labute approximate surface area is 189 Å². The molecule has 0 unspecified atom stereocenters. The first-order valence-electron chi connectivity index (χ1n) is 10.2. The number of hydrogen-bond donors (Lipinski definition) is 2. The number of carboxylic acids is 1. The van der Waals surface area contributed by atoms with Gasteiger partial charge in [0.05, 0.1) is 0 Å². The van der Waals surface area contributed by atoms with E-state index in [0.29, 0.717) is 0 Å². The molecule has 2 aromatic carbocycles. The van der Waals surface area contributed by atoms with Crippen LogP contribution in [0.5, 0.6) is 0 Å². The first kappa shape index (κ1) is 22.0. The van der Waals surface area contributed by atoms with Gasteiger partial charge in [0.1, 0.15) is 12.1 Å². The van der Waals surface area contributed by atoms with E-state index in [1.807, 2.05) is 48.5 Å². The molecule has 33 heavy (non-hydrogen) atoms. The Bertz CT molecular complexity index is 1190. The van der Waals surface area contributed by atoms with Gasteiger partial charge in [-0.3, -0.25) is 10.1 Å². The molecule has 0 saturated carbocycles. The fourth-order valence-electron chi connectivity index (χ4n) is 3.70. The van der Waals surface area contributed by atoms with Crippen LogP contribution in [0.1, 0.15) is 41.4 Å². The number of likely N-dealkylation sites (N-methyl/N-ethyl adjacent to an activating group) is 1. The third-order valence-corrected chi connectivity index (χ3v) is 5.92. The molecule has 1 aromatic heterocycles. The Morgan fingerprint density at radius 3 is 2.21 bits per heavy atom. The van der Waals surface area contributed by atoms with Crippen LogP contribution in [0.25, 0.3) is 11.1 Å². The van der Waals surface area contributed by atoms with E-state index in [-0.39, 0.29) is 24.0 Å². The number of anilines is 1. The van der Waals surface area contributed by atoms with Gasteiger partial charge >= 0.3 is 12.1 Å². The zero-order chi connectivity index (χ0) is 23.8. The lowest BCUT2D eigenvalue weighted by Gasteiger charge is -2.30. The first-order chi connectivity index (χ1) is 15.7. The second-order valence-corrected chi connectivity index (χ2v) is 8.14. The molecule has 0 bridgehead atoms. The van der Waals surface area contributed by atoms with Crippen molar-refractivity contribution >= 4 is 23.8 Å². The highest BCUT2D eigenvalue weighted by molar-refractivity contribution is 6.01. The van der Waals surface area contributed by atoms with Crippen LogP contribution in [-0.2, 0) is 9.53 Å². The molecule has 10 heteroatoms. The molecule has 2 N–H and O–H groups in total. The molecule has 3 aromatic rings. The lowest BCUT2D eigenvalue weighted by atomic mass is 9.98. The molecule has 0 saturated heterocycles. The summed E-state index contributed by atoms with van der Waals surface area (Å²) in [5, 5.41) is 18.8. The molecule has 0 spiro atoms. The Morgan fingerprint density at radius 1 is 1.06 bits per heavy atom. The zero-order valence-corrected chi connectivity index (χ0v) is 18.2. The highest BCUT2D eigenvalue weighted by Gasteiger charge is 2.38. The molecular weight excluding hydrogens is 428 g/mol. The summed E-state index contributed by atoms with van der Waals surface area (Å²) in [5.74, 6) is -2.38. The van der Waals surface area contributed by atoms with E-state index < -0.39 is 23.5 Å². The maximum Gasteiger partial charge on any atom is 0.412 e. The first-order valence-corrected chi connectivity index (χ1v) is 10.2. The fraction of sp³-hybridized carbons (Fsp3) is 0.261. The molecule has 0 atom stereocenters. The van der Waals surface area contributed by atoms with Gasteiger partial charge in [-0.15, -0.1) is 0 Å². The number of aromatic nitrogens is 2. The van der Waals surface area contributed by atoms with Crippen LogP contribution in [0.15, 0.2) is 53.2 Å². The van der Waals surface area contributed by atoms with Crippen molar-refractivity contribution in [3.8, 4) is 11.1 Å². The smallest absolute Gasteiger partial charge is 0.412 e. The van der Waals surface area contributed by atoms with Crippen LogP contribution < -0.4 is 5.32 Å². The summed E-state index contributed by atoms with van der Waals surface area (Å²) in [4.78, 5) is 37.6. The van der Waals surface area contributed by atoms with Crippen molar-refractivity contribution in [1.82, 2.24) is 15.2 Å². The van der Waals surface area contributed by atoms with E-state index in [2.05, 4.69) is 20.3 Å². The summed E-state index contributed by atoms with van der Waals surface area (Å²) in [6.07, 6.45) is -0.846. The van der Waals surface area contributed by atoms with E-state index in [4.69, 9.17) is 4.74 Å². The van der Waals surface area contributed by atoms with Crippen molar-refractivity contribution in [3.05, 3.63) is 65.4 Å². The summed E-state index contributed by atoms with van der Waals surface area (Å²) in [7, 11) is 1.31. The minimum Gasteiger partial charge on any atom is -0.480 e. The lowest BCUT2D eigenvalue weighted by molar-refractivity contribution is -0.147. The quantitative estimate of drug-likeness (QED) is 0.584. The summed E-state index contributed by atoms with van der Waals surface area (Å²) in [6, 6.07) is 15.9. The summed E-state index contributed by atoms with van der Waals surface area (Å²) in [6.45, 7) is 2.79. The van der Waals surface area contributed by atoms with Crippen molar-refractivity contribution in [2.24, 2.45) is 0 Å². The number of carbonyl (C=O) groups excluding carboxylic acids is 2. The zero-order valence-electron chi connectivity index (χ0n) is 18.2. The number of rotatable bonds is 6. The number of ether oxygens (including phenoxy) is 1. The molecule has 10 nitrogen and oxygen atoms in total. The molecule has 1 aliphatic carbocycles. The molecule has 0 fully saturated rings. The second-order valence-electron chi connectivity index (χ2n) is 8.14. The second kappa shape index (κ2) is 8.38.